The SMILES string of the molecule is O=C(NCC1(CCBr)CC1)c1ccc(Cl)o1. The summed E-state index contributed by atoms with van der Waals surface area (Å²) in [6.07, 6.45) is 3.49. The van der Waals surface area contributed by atoms with Gasteiger partial charge in [-0.05, 0) is 48.4 Å². The predicted octanol–water partition coefficient (Wildman–Crippen LogP) is 3.23. The van der Waals surface area contributed by atoms with Crippen LogP contribution in [0.3, 0.4) is 0 Å². The highest BCUT2D eigenvalue weighted by Gasteiger charge is 2.41. The molecule has 1 saturated carbocycles. The molecular weight excluding hydrogens is 293 g/mol. The topological polar surface area (TPSA) is 42.2 Å². The van der Waals surface area contributed by atoms with E-state index in [0.717, 1.165) is 18.3 Å². The maximum Gasteiger partial charge on any atom is 0.287 e. The van der Waals surface area contributed by atoms with E-state index in [1.165, 1.54) is 12.8 Å². The fourth-order valence-corrected chi connectivity index (χ4v) is 2.67. The first-order valence-corrected chi connectivity index (χ1v) is 6.75. The number of hydrogen-bond acceptors (Lipinski definition) is 2. The van der Waals surface area contributed by atoms with Crippen molar-refractivity contribution in [2.24, 2.45) is 5.41 Å². The monoisotopic (exact) mass is 305 g/mol. The molecule has 0 aliphatic heterocycles. The number of rotatable bonds is 5. The number of carbonyl (C=O) groups is 1. The van der Waals surface area contributed by atoms with Gasteiger partial charge in [-0.3, -0.25) is 4.79 Å². The number of furan rings is 1. The lowest BCUT2D eigenvalue weighted by atomic mass is 10.0. The average Bonchev–Trinajstić information content (AvgIpc) is 2.89. The number of amides is 1. The van der Waals surface area contributed by atoms with E-state index in [9.17, 15) is 4.79 Å². The first kappa shape index (κ1) is 12.0. The highest BCUT2D eigenvalue weighted by molar-refractivity contribution is 9.09. The second-order valence-electron chi connectivity index (χ2n) is 4.23. The van der Waals surface area contributed by atoms with Crippen LogP contribution < -0.4 is 5.32 Å². The molecule has 1 aromatic rings. The van der Waals surface area contributed by atoms with Gasteiger partial charge in [0.15, 0.2) is 11.0 Å². The smallest absolute Gasteiger partial charge is 0.287 e. The fourth-order valence-electron chi connectivity index (χ4n) is 1.68. The van der Waals surface area contributed by atoms with Crippen LogP contribution in [-0.4, -0.2) is 17.8 Å². The van der Waals surface area contributed by atoms with Crippen molar-refractivity contribution in [1.82, 2.24) is 5.32 Å². The van der Waals surface area contributed by atoms with Crippen LogP contribution >= 0.6 is 27.5 Å². The van der Waals surface area contributed by atoms with E-state index in [4.69, 9.17) is 16.0 Å². The standard InChI is InChI=1S/C11H13BrClNO2/c12-6-5-11(3-4-11)7-14-10(15)8-1-2-9(13)16-8/h1-2H,3-7H2,(H,14,15). The van der Waals surface area contributed by atoms with Crippen LogP contribution in [0.1, 0.15) is 29.8 Å². The van der Waals surface area contributed by atoms with Crippen LogP contribution in [0.2, 0.25) is 5.22 Å². The average molecular weight is 307 g/mol. The minimum atomic E-state index is -0.187. The molecule has 1 aliphatic rings. The molecule has 1 heterocycles. The molecule has 0 aromatic carbocycles. The Labute approximate surface area is 108 Å². The van der Waals surface area contributed by atoms with Crippen LogP contribution in [0.15, 0.2) is 16.5 Å². The van der Waals surface area contributed by atoms with Crippen molar-refractivity contribution in [3.63, 3.8) is 0 Å². The summed E-state index contributed by atoms with van der Waals surface area (Å²) in [6, 6.07) is 3.16. The summed E-state index contributed by atoms with van der Waals surface area (Å²) in [5.41, 5.74) is 0.315. The van der Waals surface area contributed by atoms with E-state index in [1.807, 2.05) is 0 Å². The number of halogens is 2. The summed E-state index contributed by atoms with van der Waals surface area (Å²) in [5, 5.41) is 4.11. The van der Waals surface area contributed by atoms with Crippen LogP contribution in [0, 0.1) is 5.41 Å². The van der Waals surface area contributed by atoms with Crippen LogP contribution in [-0.2, 0) is 0 Å². The molecular formula is C11H13BrClNO2. The van der Waals surface area contributed by atoms with E-state index in [1.54, 1.807) is 12.1 Å². The second-order valence-corrected chi connectivity index (χ2v) is 5.39. The Balaban J connectivity index is 1.84. The van der Waals surface area contributed by atoms with E-state index in [-0.39, 0.29) is 16.9 Å². The van der Waals surface area contributed by atoms with Crippen molar-refractivity contribution in [2.45, 2.75) is 19.3 Å². The first-order chi connectivity index (χ1) is 7.65. The number of nitrogens with one attached hydrogen (secondary N) is 1. The highest BCUT2D eigenvalue weighted by atomic mass is 79.9. The zero-order chi connectivity index (χ0) is 11.6. The van der Waals surface area contributed by atoms with E-state index in [0.29, 0.717) is 5.41 Å². The van der Waals surface area contributed by atoms with Gasteiger partial charge < -0.3 is 9.73 Å². The molecule has 1 aromatic heterocycles. The van der Waals surface area contributed by atoms with Crippen LogP contribution in [0.4, 0.5) is 0 Å². The van der Waals surface area contributed by atoms with Gasteiger partial charge in [0.25, 0.3) is 5.91 Å². The molecule has 0 saturated heterocycles. The molecule has 1 amide bonds. The summed E-state index contributed by atoms with van der Waals surface area (Å²) in [6.45, 7) is 0.718. The van der Waals surface area contributed by atoms with Crippen molar-refractivity contribution in [1.29, 1.82) is 0 Å². The maximum atomic E-state index is 11.7. The van der Waals surface area contributed by atoms with Crippen molar-refractivity contribution in [3.05, 3.63) is 23.1 Å². The minimum absolute atomic E-state index is 0.187. The lowest BCUT2D eigenvalue weighted by Crippen LogP contribution is -2.30. The van der Waals surface area contributed by atoms with Gasteiger partial charge >= 0.3 is 0 Å². The molecule has 3 nitrogen and oxygen atoms in total. The third-order valence-corrected chi connectivity index (χ3v) is 3.60. The van der Waals surface area contributed by atoms with Crippen LogP contribution in [0.25, 0.3) is 0 Å². The lowest BCUT2D eigenvalue weighted by Gasteiger charge is -2.13. The van der Waals surface area contributed by atoms with Crippen molar-refractivity contribution >= 4 is 33.4 Å². The molecule has 16 heavy (non-hydrogen) atoms. The van der Waals surface area contributed by atoms with Gasteiger partial charge in [0.05, 0.1) is 0 Å². The summed E-state index contributed by atoms with van der Waals surface area (Å²) < 4.78 is 5.04. The Kier molecular flexibility index (Phi) is 3.60. The Hall–Kier alpha value is -0.480. The van der Waals surface area contributed by atoms with Gasteiger partial charge in [-0.2, -0.15) is 0 Å². The number of hydrogen-bond donors (Lipinski definition) is 1. The number of alkyl halides is 1. The first-order valence-electron chi connectivity index (χ1n) is 5.25. The Bertz CT molecular complexity index is 387. The molecule has 1 fully saturated rings. The molecule has 0 radical (unpaired) electrons. The Morgan fingerprint density at radius 1 is 1.56 bits per heavy atom. The van der Waals surface area contributed by atoms with E-state index < -0.39 is 0 Å². The van der Waals surface area contributed by atoms with Gasteiger partial charge in [-0.25, -0.2) is 0 Å². The summed E-state index contributed by atoms with van der Waals surface area (Å²) in [5.74, 6) is 0.0902. The lowest BCUT2D eigenvalue weighted by molar-refractivity contribution is 0.0917. The van der Waals surface area contributed by atoms with E-state index >= 15 is 0 Å². The van der Waals surface area contributed by atoms with Gasteiger partial charge in [0.1, 0.15) is 0 Å². The van der Waals surface area contributed by atoms with Gasteiger partial charge in [-0.15, -0.1) is 0 Å². The highest BCUT2D eigenvalue weighted by Crippen LogP contribution is 2.48. The molecule has 0 atom stereocenters. The van der Waals surface area contributed by atoms with Gasteiger partial charge in [-0.1, -0.05) is 15.9 Å². The van der Waals surface area contributed by atoms with E-state index in [2.05, 4.69) is 21.2 Å². The summed E-state index contributed by atoms with van der Waals surface area (Å²) >= 11 is 9.04. The number of carbonyl (C=O) groups excluding carboxylic acids is 1. The van der Waals surface area contributed by atoms with Crippen molar-refractivity contribution < 1.29 is 9.21 Å². The molecule has 0 unspecified atom stereocenters. The Morgan fingerprint density at radius 2 is 2.31 bits per heavy atom. The fraction of sp³-hybridized carbons (Fsp3) is 0.545. The summed E-state index contributed by atoms with van der Waals surface area (Å²) in [4.78, 5) is 11.7. The zero-order valence-corrected chi connectivity index (χ0v) is 11.1. The largest absolute Gasteiger partial charge is 0.440 e. The predicted molar refractivity (Wildman–Crippen MR) is 66.1 cm³/mol. The third-order valence-electron chi connectivity index (χ3n) is 3.00. The summed E-state index contributed by atoms with van der Waals surface area (Å²) in [7, 11) is 0. The third kappa shape index (κ3) is 2.80. The molecule has 1 aliphatic carbocycles. The normalized spacial score (nSPS) is 17.1. The molecule has 0 spiro atoms. The zero-order valence-electron chi connectivity index (χ0n) is 8.76. The molecule has 0 bridgehead atoms. The molecule has 88 valence electrons. The van der Waals surface area contributed by atoms with Gasteiger partial charge in [0, 0.05) is 11.9 Å². The van der Waals surface area contributed by atoms with Crippen molar-refractivity contribution in [3.8, 4) is 0 Å². The van der Waals surface area contributed by atoms with Crippen LogP contribution in [0.5, 0.6) is 0 Å². The second kappa shape index (κ2) is 4.80. The molecule has 1 N–H and O–H groups in total. The Morgan fingerprint density at radius 3 is 2.81 bits per heavy atom. The van der Waals surface area contributed by atoms with Crippen molar-refractivity contribution in [2.75, 3.05) is 11.9 Å². The molecule has 5 heteroatoms. The molecule has 2 rings (SSSR count). The minimum Gasteiger partial charge on any atom is -0.440 e. The maximum absolute atomic E-state index is 11.7. The van der Waals surface area contributed by atoms with Gasteiger partial charge in [0.2, 0.25) is 0 Å². The quantitative estimate of drug-likeness (QED) is 0.849.